The highest BCUT2D eigenvalue weighted by Gasteiger charge is 2.42. The Morgan fingerprint density at radius 3 is 2.52 bits per heavy atom. The molecule has 1 aliphatic rings. The van der Waals surface area contributed by atoms with Gasteiger partial charge in [0.05, 0.1) is 12.0 Å². The molecule has 3 rings (SSSR count). The molecule has 1 fully saturated rings. The first-order chi connectivity index (χ1) is 12.1. The van der Waals surface area contributed by atoms with Crippen LogP contribution in [-0.2, 0) is 16.0 Å². The molecule has 1 heterocycles. The summed E-state index contributed by atoms with van der Waals surface area (Å²) in [7, 11) is 1.76. The molecule has 0 aromatic heterocycles. The van der Waals surface area contributed by atoms with E-state index in [2.05, 4.69) is 5.32 Å². The maximum atomic E-state index is 12.7. The Labute approximate surface area is 152 Å². The SMILES string of the molecule is CN1C(=O)C[C@H](C(=O)NCCc2ccc(Cl)cc2)[C@H]1c1ccccc1. The van der Waals surface area contributed by atoms with Crippen LogP contribution in [0.1, 0.15) is 23.6 Å². The van der Waals surface area contributed by atoms with Crippen LogP contribution in [0.2, 0.25) is 5.02 Å². The van der Waals surface area contributed by atoms with Gasteiger partial charge in [-0.15, -0.1) is 0 Å². The lowest BCUT2D eigenvalue weighted by Gasteiger charge is -2.24. The second-order valence-corrected chi connectivity index (χ2v) is 6.77. The number of benzene rings is 2. The highest BCUT2D eigenvalue weighted by atomic mass is 35.5. The van der Waals surface area contributed by atoms with Crippen LogP contribution in [0.4, 0.5) is 0 Å². The molecule has 0 bridgehead atoms. The van der Waals surface area contributed by atoms with Gasteiger partial charge in [-0.3, -0.25) is 9.59 Å². The van der Waals surface area contributed by atoms with E-state index in [4.69, 9.17) is 11.6 Å². The van der Waals surface area contributed by atoms with Gasteiger partial charge in [-0.2, -0.15) is 0 Å². The molecule has 0 unspecified atom stereocenters. The van der Waals surface area contributed by atoms with Gasteiger partial charge in [0.25, 0.3) is 0 Å². The minimum atomic E-state index is -0.356. The van der Waals surface area contributed by atoms with Crippen LogP contribution in [0, 0.1) is 5.92 Å². The number of hydrogen-bond acceptors (Lipinski definition) is 2. The Morgan fingerprint density at radius 1 is 1.16 bits per heavy atom. The number of likely N-dealkylation sites (tertiary alicyclic amines) is 1. The fraction of sp³-hybridized carbons (Fsp3) is 0.300. The van der Waals surface area contributed by atoms with Crippen molar-refractivity contribution in [1.82, 2.24) is 10.2 Å². The number of carbonyl (C=O) groups excluding carboxylic acids is 2. The van der Waals surface area contributed by atoms with Crippen LogP contribution >= 0.6 is 11.6 Å². The smallest absolute Gasteiger partial charge is 0.226 e. The molecular weight excluding hydrogens is 336 g/mol. The molecule has 1 aliphatic heterocycles. The molecule has 5 heteroatoms. The number of halogens is 1. The monoisotopic (exact) mass is 356 g/mol. The van der Waals surface area contributed by atoms with E-state index in [0.717, 1.165) is 17.5 Å². The Kier molecular flexibility index (Phi) is 5.39. The minimum absolute atomic E-state index is 0.00621. The molecule has 4 nitrogen and oxygen atoms in total. The molecule has 2 aromatic rings. The third-order valence-corrected chi connectivity index (χ3v) is 4.94. The molecule has 2 atom stereocenters. The lowest BCUT2D eigenvalue weighted by Crippen LogP contribution is -2.35. The van der Waals surface area contributed by atoms with Gasteiger partial charge in [-0.05, 0) is 29.7 Å². The van der Waals surface area contributed by atoms with Crippen molar-refractivity contribution in [3.63, 3.8) is 0 Å². The van der Waals surface area contributed by atoms with Crippen LogP contribution in [0.3, 0.4) is 0 Å². The Morgan fingerprint density at radius 2 is 1.84 bits per heavy atom. The molecule has 25 heavy (non-hydrogen) atoms. The zero-order valence-corrected chi connectivity index (χ0v) is 14.9. The lowest BCUT2D eigenvalue weighted by molar-refractivity contribution is -0.128. The Balaban J connectivity index is 1.63. The van der Waals surface area contributed by atoms with Gasteiger partial charge >= 0.3 is 0 Å². The lowest BCUT2D eigenvalue weighted by atomic mass is 9.93. The van der Waals surface area contributed by atoms with Crippen molar-refractivity contribution in [3.8, 4) is 0 Å². The van der Waals surface area contributed by atoms with Crippen LogP contribution in [0.25, 0.3) is 0 Å². The third kappa shape index (κ3) is 4.02. The van der Waals surface area contributed by atoms with Crippen molar-refractivity contribution in [3.05, 3.63) is 70.7 Å². The Hall–Kier alpha value is -2.33. The molecule has 1 saturated heterocycles. The van der Waals surface area contributed by atoms with Gasteiger partial charge in [0.1, 0.15) is 0 Å². The zero-order valence-electron chi connectivity index (χ0n) is 14.1. The molecule has 2 aromatic carbocycles. The number of amides is 2. The van der Waals surface area contributed by atoms with Gasteiger partial charge < -0.3 is 10.2 Å². The van der Waals surface area contributed by atoms with Crippen molar-refractivity contribution in [1.29, 1.82) is 0 Å². The topological polar surface area (TPSA) is 49.4 Å². The van der Waals surface area contributed by atoms with E-state index in [1.165, 1.54) is 0 Å². The largest absolute Gasteiger partial charge is 0.355 e. The van der Waals surface area contributed by atoms with Crippen molar-refractivity contribution in [2.75, 3.05) is 13.6 Å². The number of carbonyl (C=O) groups is 2. The summed E-state index contributed by atoms with van der Waals surface area (Å²) in [5.74, 6) is -0.419. The van der Waals surface area contributed by atoms with Crippen LogP contribution < -0.4 is 5.32 Å². The van der Waals surface area contributed by atoms with Crippen molar-refractivity contribution >= 4 is 23.4 Å². The van der Waals surface area contributed by atoms with Gasteiger partial charge in [-0.1, -0.05) is 54.1 Å². The van der Waals surface area contributed by atoms with Crippen molar-refractivity contribution in [2.45, 2.75) is 18.9 Å². The van der Waals surface area contributed by atoms with E-state index in [-0.39, 0.29) is 30.2 Å². The number of nitrogens with zero attached hydrogens (tertiary/aromatic N) is 1. The highest BCUT2D eigenvalue weighted by molar-refractivity contribution is 6.30. The number of nitrogens with one attached hydrogen (secondary N) is 1. The zero-order chi connectivity index (χ0) is 17.8. The van der Waals surface area contributed by atoms with Gasteiger partial charge in [-0.25, -0.2) is 0 Å². The molecule has 0 radical (unpaired) electrons. The Bertz CT molecular complexity index is 746. The first-order valence-corrected chi connectivity index (χ1v) is 8.77. The summed E-state index contributed by atoms with van der Waals surface area (Å²) >= 11 is 5.88. The first-order valence-electron chi connectivity index (χ1n) is 8.39. The average Bonchev–Trinajstić information content (AvgIpc) is 2.92. The molecular formula is C20H21ClN2O2. The molecule has 130 valence electrons. The maximum absolute atomic E-state index is 12.7. The molecule has 2 amide bonds. The minimum Gasteiger partial charge on any atom is -0.355 e. The molecule has 0 aliphatic carbocycles. The fourth-order valence-corrected chi connectivity index (χ4v) is 3.45. The van der Waals surface area contributed by atoms with E-state index in [1.54, 1.807) is 11.9 Å². The second kappa shape index (κ2) is 7.70. The number of hydrogen-bond donors (Lipinski definition) is 1. The predicted molar refractivity (Wildman–Crippen MR) is 98.2 cm³/mol. The van der Waals surface area contributed by atoms with Crippen molar-refractivity contribution < 1.29 is 9.59 Å². The van der Waals surface area contributed by atoms with E-state index in [0.29, 0.717) is 11.6 Å². The van der Waals surface area contributed by atoms with Gasteiger partial charge in [0, 0.05) is 25.0 Å². The van der Waals surface area contributed by atoms with Crippen LogP contribution in [0.5, 0.6) is 0 Å². The quantitative estimate of drug-likeness (QED) is 0.894. The van der Waals surface area contributed by atoms with Crippen LogP contribution in [-0.4, -0.2) is 30.3 Å². The van der Waals surface area contributed by atoms with E-state index in [1.807, 2.05) is 54.6 Å². The molecule has 0 saturated carbocycles. The summed E-state index contributed by atoms with van der Waals surface area (Å²) in [5.41, 5.74) is 2.11. The predicted octanol–water partition coefficient (Wildman–Crippen LogP) is 3.22. The standard InChI is InChI=1S/C20H21ClN2O2/c1-23-18(24)13-17(19(23)15-5-3-2-4-6-15)20(25)22-12-11-14-7-9-16(21)10-8-14/h2-10,17,19H,11-13H2,1H3,(H,22,25)/t17-,19+/m0/s1. The van der Waals surface area contributed by atoms with E-state index in [9.17, 15) is 9.59 Å². The molecule has 0 spiro atoms. The maximum Gasteiger partial charge on any atom is 0.226 e. The van der Waals surface area contributed by atoms with Gasteiger partial charge in [0.15, 0.2) is 0 Å². The highest BCUT2D eigenvalue weighted by Crippen LogP contribution is 2.36. The summed E-state index contributed by atoms with van der Waals surface area (Å²) in [6, 6.07) is 17.1. The summed E-state index contributed by atoms with van der Waals surface area (Å²) in [5, 5.41) is 3.68. The van der Waals surface area contributed by atoms with Crippen molar-refractivity contribution in [2.24, 2.45) is 5.92 Å². The van der Waals surface area contributed by atoms with Gasteiger partial charge in [0.2, 0.25) is 11.8 Å². The second-order valence-electron chi connectivity index (χ2n) is 6.34. The third-order valence-electron chi connectivity index (χ3n) is 4.69. The van der Waals surface area contributed by atoms with E-state index < -0.39 is 0 Å². The average molecular weight is 357 g/mol. The summed E-state index contributed by atoms with van der Waals surface area (Å²) in [6.45, 7) is 0.538. The normalized spacial score (nSPS) is 19.9. The van der Waals surface area contributed by atoms with Crippen LogP contribution in [0.15, 0.2) is 54.6 Å². The first kappa shape index (κ1) is 17.5. The summed E-state index contributed by atoms with van der Waals surface area (Å²) in [4.78, 5) is 26.5. The van der Waals surface area contributed by atoms with E-state index >= 15 is 0 Å². The summed E-state index contributed by atoms with van der Waals surface area (Å²) in [6.07, 6.45) is 0.984. The number of rotatable bonds is 5. The summed E-state index contributed by atoms with van der Waals surface area (Å²) < 4.78 is 0. The molecule has 1 N–H and O–H groups in total. The fourth-order valence-electron chi connectivity index (χ4n) is 3.32.